The van der Waals surface area contributed by atoms with E-state index in [0.717, 1.165) is 6.42 Å². The zero-order valence-electron chi connectivity index (χ0n) is 7.86. The molecule has 74 valence electrons. The molecule has 1 aliphatic rings. The SMILES string of the molecule is C[C@]1(C(=O)O)CCC=C[C@@H](O)CC1. The Bertz CT molecular complexity index is 222. The molecule has 3 heteroatoms. The molecule has 0 aliphatic heterocycles. The molecule has 0 aromatic rings. The van der Waals surface area contributed by atoms with E-state index in [4.69, 9.17) is 5.11 Å². The van der Waals surface area contributed by atoms with Crippen LogP contribution in [0.15, 0.2) is 12.2 Å². The van der Waals surface area contributed by atoms with Crippen molar-refractivity contribution in [3.05, 3.63) is 12.2 Å². The highest BCUT2D eigenvalue weighted by atomic mass is 16.4. The second kappa shape index (κ2) is 3.92. The van der Waals surface area contributed by atoms with Gasteiger partial charge in [-0.25, -0.2) is 0 Å². The zero-order chi connectivity index (χ0) is 9.90. The van der Waals surface area contributed by atoms with Gasteiger partial charge in [0.1, 0.15) is 0 Å². The van der Waals surface area contributed by atoms with Crippen LogP contribution in [0, 0.1) is 5.41 Å². The maximum atomic E-state index is 10.9. The van der Waals surface area contributed by atoms with Crippen molar-refractivity contribution in [1.82, 2.24) is 0 Å². The van der Waals surface area contributed by atoms with Gasteiger partial charge in [-0.3, -0.25) is 4.79 Å². The first kappa shape index (κ1) is 10.3. The number of carboxylic acid groups (broad SMARTS) is 1. The molecule has 0 saturated heterocycles. The Morgan fingerprint density at radius 2 is 2.23 bits per heavy atom. The lowest BCUT2D eigenvalue weighted by Crippen LogP contribution is -2.29. The summed E-state index contributed by atoms with van der Waals surface area (Å²) in [6.07, 6.45) is 5.63. The molecule has 0 heterocycles. The molecule has 2 N–H and O–H groups in total. The summed E-state index contributed by atoms with van der Waals surface area (Å²) < 4.78 is 0. The average molecular weight is 184 g/mol. The molecule has 0 radical (unpaired) electrons. The number of hydrogen-bond acceptors (Lipinski definition) is 2. The number of aliphatic hydroxyl groups excluding tert-OH is 1. The molecule has 2 atom stereocenters. The van der Waals surface area contributed by atoms with Gasteiger partial charge in [-0.05, 0) is 32.6 Å². The molecule has 0 fully saturated rings. The topological polar surface area (TPSA) is 57.5 Å². The van der Waals surface area contributed by atoms with Crippen LogP contribution in [-0.2, 0) is 4.79 Å². The summed E-state index contributed by atoms with van der Waals surface area (Å²) in [5.74, 6) is -0.755. The van der Waals surface area contributed by atoms with Gasteiger partial charge in [0.05, 0.1) is 11.5 Å². The lowest BCUT2D eigenvalue weighted by atomic mass is 9.79. The van der Waals surface area contributed by atoms with Crippen molar-refractivity contribution < 1.29 is 15.0 Å². The third-order valence-electron chi connectivity index (χ3n) is 2.73. The Balaban J connectivity index is 2.68. The Labute approximate surface area is 78.1 Å². The summed E-state index contributed by atoms with van der Waals surface area (Å²) in [6.45, 7) is 1.75. The molecule has 13 heavy (non-hydrogen) atoms. The number of carbonyl (C=O) groups is 1. The Kier molecular flexibility index (Phi) is 3.09. The molecule has 1 aliphatic carbocycles. The Morgan fingerprint density at radius 3 is 2.85 bits per heavy atom. The fraction of sp³-hybridized carbons (Fsp3) is 0.700. The Hall–Kier alpha value is -0.830. The molecular weight excluding hydrogens is 168 g/mol. The van der Waals surface area contributed by atoms with Crippen molar-refractivity contribution in [2.45, 2.75) is 38.7 Å². The molecule has 1 rings (SSSR count). The molecule has 0 unspecified atom stereocenters. The van der Waals surface area contributed by atoms with Crippen LogP contribution in [0.2, 0.25) is 0 Å². The van der Waals surface area contributed by atoms with Crippen molar-refractivity contribution >= 4 is 5.97 Å². The Morgan fingerprint density at radius 1 is 1.54 bits per heavy atom. The molecule has 0 aromatic heterocycles. The smallest absolute Gasteiger partial charge is 0.309 e. The van der Waals surface area contributed by atoms with E-state index in [-0.39, 0.29) is 0 Å². The lowest BCUT2D eigenvalue weighted by Gasteiger charge is -2.26. The van der Waals surface area contributed by atoms with Gasteiger partial charge in [-0.1, -0.05) is 12.2 Å². The fourth-order valence-electron chi connectivity index (χ4n) is 1.56. The van der Waals surface area contributed by atoms with Crippen LogP contribution in [0.5, 0.6) is 0 Å². The van der Waals surface area contributed by atoms with E-state index in [2.05, 4.69) is 0 Å². The van der Waals surface area contributed by atoms with Gasteiger partial charge < -0.3 is 10.2 Å². The molecule has 0 bridgehead atoms. The van der Waals surface area contributed by atoms with Crippen LogP contribution in [0.4, 0.5) is 0 Å². The van der Waals surface area contributed by atoms with Crippen LogP contribution in [0.25, 0.3) is 0 Å². The average Bonchev–Trinajstić information content (AvgIpc) is 2.06. The summed E-state index contributed by atoms with van der Waals surface area (Å²) in [7, 11) is 0. The second-order valence-electron chi connectivity index (χ2n) is 3.94. The normalized spacial score (nSPS) is 35.1. The largest absolute Gasteiger partial charge is 0.481 e. The van der Waals surface area contributed by atoms with Crippen LogP contribution in [0.1, 0.15) is 32.6 Å². The summed E-state index contributed by atoms with van der Waals surface area (Å²) in [6, 6.07) is 0. The molecule has 0 saturated carbocycles. The minimum absolute atomic E-state index is 0.473. The van der Waals surface area contributed by atoms with Gasteiger partial charge in [0.15, 0.2) is 0 Å². The minimum Gasteiger partial charge on any atom is -0.481 e. The summed E-state index contributed by atoms with van der Waals surface area (Å²) in [4.78, 5) is 10.9. The predicted molar refractivity (Wildman–Crippen MR) is 49.4 cm³/mol. The van der Waals surface area contributed by atoms with Crippen LogP contribution < -0.4 is 0 Å². The van der Waals surface area contributed by atoms with E-state index in [9.17, 15) is 9.90 Å². The molecular formula is C10H16O3. The number of aliphatic carboxylic acids is 1. The van der Waals surface area contributed by atoms with Gasteiger partial charge in [0.2, 0.25) is 0 Å². The third-order valence-corrected chi connectivity index (χ3v) is 2.73. The van der Waals surface area contributed by atoms with Crippen molar-refractivity contribution in [1.29, 1.82) is 0 Å². The van der Waals surface area contributed by atoms with E-state index >= 15 is 0 Å². The number of hydrogen-bond donors (Lipinski definition) is 2. The lowest BCUT2D eigenvalue weighted by molar-refractivity contribution is -0.149. The van der Waals surface area contributed by atoms with Crippen molar-refractivity contribution in [3.8, 4) is 0 Å². The summed E-state index contributed by atoms with van der Waals surface area (Å²) in [5.41, 5.74) is -0.661. The first-order chi connectivity index (χ1) is 6.04. The van der Waals surface area contributed by atoms with E-state index in [1.54, 1.807) is 13.0 Å². The molecule has 0 spiro atoms. The van der Waals surface area contributed by atoms with E-state index in [0.29, 0.717) is 19.3 Å². The summed E-state index contributed by atoms with van der Waals surface area (Å²) >= 11 is 0. The minimum atomic E-state index is -0.755. The quantitative estimate of drug-likeness (QED) is 0.608. The van der Waals surface area contributed by atoms with E-state index in [1.807, 2.05) is 6.08 Å². The maximum Gasteiger partial charge on any atom is 0.309 e. The number of allylic oxidation sites excluding steroid dienone is 1. The van der Waals surface area contributed by atoms with Gasteiger partial charge in [0.25, 0.3) is 0 Å². The van der Waals surface area contributed by atoms with Crippen molar-refractivity contribution in [3.63, 3.8) is 0 Å². The maximum absolute atomic E-state index is 10.9. The number of aliphatic hydroxyl groups is 1. The van der Waals surface area contributed by atoms with Gasteiger partial charge in [-0.15, -0.1) is 0 Å². The number of carboxylic acids is 1. The third kappa shape index (κ3) is 2.56. The molecule has 3 nitrogen and oxygen atoms in total. The highest BCUT2D eigenvalue weighted by molar-refractivity contribution is 5.74. The van der Waals surface area contributed by atoms with E-state index < -0.39 is 17.5 Å². The van der Waals surface area contributed by atoms with Crippen LogP contribution in [-0.4, -0.2) is 22.3 Å². The summed E-state index contributed by atoms with van der Waals surface area (Å²) in [5, 5.41) is 18.3. The first-order valence-electron chi connectivity index (χ1n) is 4.63. The zero-order valence-corrected chi connectivity index (χ0v) is 7.86. The fourth-order valence-corrected chi connectivity index (χ4v) is 1.56. The standard InChI is InChI=1S/C10H16O3/c1-10(9(12)13)6-3-2-4-8(11)5-7-10/h2,4,8,11H,3,5-7H2,1H3,(H,12,13)/t8-,10+/m1/s1. The van der Waals surface area contributed by atoms with E-state index in [1.165, 1.54) is 0 Å². The predicted octanol–water partition coefficient (Wildman–Crippen LogP) is 1.57. The van der Waals surface area contributed by atoms with Gasteiger partial charge >= 0.3 is 5.97 Å². The molecule has 0 amide bonds. The first-order valence-corrected chi connectivity index (χ1v) is 4.63. The highest BCUT2D eigenvalue weighted by Gasteiger charge is 2.32. The van der Waals surface area contributed by atoms with Crippen molar-refractivity contribution in [2.75, 3.05) is 0 Å². The van der Waals surface area contributed by atoms with Gasteiger partial charge in [0, 0.05) is 0 Å². The van der Waals surface area contributed by atoms with Crippen molar-refractivity contribution in [2.24, 2.45) is 5.41 Å². The second-order valence-corrected chi connectivity index (χ2v) is 3.94. The molecule has 0 aromatic carbocycles. The highest BCUT2D eigenvalue weighted by Crippen LogP contribution is 2.31. The van der Waals surface area contributed by atoms with Crippen LogP contribution in [0.3, 0.4) is 0 Å². The van der Waals surface area contributed by atoms with Crippen LogP contribution >= 0.6 is 0 Å². The van der Waals surface area contributed by atoms with Gasteiger partial charge in [-0.2, -0.15) is 0 Å². The monoisotopic (exact) mass is 184 g/mol. The number of rotatable bonds is 1.